The van der Waals surface area contributed by atoms with Crippen LogP contribution in [-0.4, -0.2) is 20.4 Å². The minimum absolute atomic E-state index is 0.629. The van der Waals surface area contributed by atoms with Gasteiger partial charge in [-0.1, -0.05) is 15.9 Å². The number of fused-ring (bicyclic) bond motifs is 1. The largest absolute Gasteiger partial charge is 0.493 e. The first-order chi connectivity index (χ1) is 11.7. The number of halogens is 1. The van der Waals surface area contributed by atoms with Gasteiger partial charge in [-0.2, -0.15) is 5.26 Å². The highest BCUT2D eigenvalue weighted by Gasteiger charge is 2.20. The van der Waals surface area contributed by atoms with E-state index in [4.69, 9.17) is 9.47 Å². The number of ether oxygens (including phenoxy) is 2. The Morgan fingerprint density at radius 1 is 1.25 bits per heavy atom. The van der Waals surface area contributed by atoms with Gasteiger partial charge in [0.25, 0.3) is 0 Å². The maximum atomic E-state index is 9.52. The molecule has 0 bridgehead atoms. The maximum Gasteiger partial charge on any atom is 0.169 e. The van der Waals surface area contributed by atoms with Crippen molar-refractivity contribution in [2.24, 2.45) is 4.99 Å². The molecule has 0 radical (unpaired) electrons. The third kappa shape index (κ3) is 3.19. The Hall–Kier alpha value is -1.84. The van der Waals surface area contributed by atoms with Crippen molar-refractivity contribution >= 4 is 38.5 Å². The van der Waals surface area contributed by atoms with E-state index < -0.39 is 0 Å². The van der Waals surface area contributed by atoms with Crippen LogP contribution in [0.15, 0.2) is 21.6 Å². The number of methoxy groups -OCH3 is 2. The highest BCUT2D eigenvalue weighted by molar-refractivity contribution is 9.10. The third-order valence-corrected chi connectivity index (χ3v) is 5.72. The van der Waals surface area contributed by atoms with Crippen LogP contribution in [0.2, 0.25) is 0 Å². The van der Waals surface area contributed by atoms with Crippen molar-refractivity contribution in [3.05, 3.63) is 38.2 Å². The molecule has 0 spiro atoms. The molecule has 0 saturated heterocycles. The van der Waals surface area contributed by atoms with Gasteiger partial charge in [0.2, 0.25) is 0 Å². The summed E-state index contributed by atoms with van der Waals surface area (Å²) in [5.74, 6) is 1.27. The van der Waals surface area contributed by atoms with E-state index in [2.05, 4.69) is 27.0 Å². The number of hydrogen-bond acceptors (Lipinski definition) is 5. The highest BCUT2D eigenvalue weighted by Crippen LogP contribution is 2.40. The second-order valence-electron chi connectivity index (χ2n) is 5.49. The number of rotatable bonds is 4. The Labute approximate surface area is 153 Å². The van der Waals surface area contributed by atoms with Crippen LogP contribution < -0.4 is 9.47 Å². The fourth-order valence-corrected chi connectivity index (χ4v) is 4.58. The van der Waals surface area contributed by atoms with E-state index in [0.29, 0.717) is 11.5 Å². The van der Waals surface area contributed by atoms with Crippen molar-refractivity contribution in [2.75, 3.05) is 14.2 Å². The van der Waals surface area contributed by atoms with E-state index in [0.717, 1.165) is 39.9 Å². The molecule has 0 aliphatic heterocycles. The zero-order chi connectivity index (χ0) is 17.1. The minimum Gasteiger partial charge on any atom is -0.493 e. The normalized spacial score (nSPS) is 13.6. The zero-order valence-electron chi connectivity index (χ0n) is 13.6. The molecule has 0 N–H and O–H groups in total. The quantitative estimate of drug-likeness (QED) is 0.671. The second-order valence-corrected chi connectivity index (χ2v) is 7.49. The smallest absolute Gasteiger partial charge is 0.169 e. The lowest BCUT2D eigenvalue weighted by Gasteiger charge is -2.10. The molecule has 1 aliphatic rings. The standard InChI is InChI=1S/C18H17BrN2O2S/c1-22-15-8-12(19)7-11(17(15)23-2)10-21-18-14(9-20)13-5-3-4-6-16(13)24-18/h7-8,10H,3-6H2,1-2H3. The fourth-order valence-electron chi connectivity index (χ4n) is 2.94. The molecule has 0 fully saturated rings. The lowest BCUT2D eigenvalue weighted by atomic mass is 9.96. The van der Waals surface area contributed by atoms with Gasteiger partial charge in [0.05, 0.1) is 19.8 Å². The van der Waals surface area contributed by atoms with Crippen LogP contribution in [0.4, 0.5) is 5.00 Å². The van der Waals surface area contributed by atoms with Gasteiger partial charge in [-0.3, -0.25) is 0 Å². The van der Waals surface area contributed by atoms with Crippen LogP contribution in [0.25, 0.3) is 0 Å². The van der Waals surface area contributed by atoms with E-state index in [-0.39, 0.29) is 0 Å². The van der Waals surface area contributed by atoms with Gasteiger partial charge in [0.15, 0.2) is 11.5 Å². The molecule has 1 aromatic carbocycles. The van der Waals surface area contributed by atoms with Crippen molar-refractivity contribution < 1.29 is 9.47 Å². The van der Waals surface area contributed by atoms with Gasteiger partial charge in [-0.05, 0) is 43.4 Å². The number of aryl methyl sites for hydroxylation is 1. The summed E-state index contributed by atoms with van der Waals surface area (Å²) < 4.78 is 11.7. The maximum absolute atomic E-state index is 9.52. The topological polar surface area (TPSA) is 54.6 Å². The summed E-state index contributed by atoms with van der Waals surface area (Å²) in [6.07, 6.45) is 6.12. The van der Waals surface area contributed by atoms with Gasteiger partial charge in [-0.25, -0.2) is 4.99 Å². The number of hydrogen-bond donors (Lipinski definition) is 0. The molecule has 1 heterocycles. The van der Waals surface area contributed by atoms with E-state index in [9.17, 15) is 5.26 Å². The first-order valence-corrected chi connectivity index (χ1v) is 9.29. The molecule has 0 unspecified atom stereocenters. The van der Waals surface area contributed by atoms with Crippen molar-refractivity contribution in [1.82, 2.24) is 0 Å². The number of thiophene rings is 1. The van der Waals surface area contributed by atoms with Gasteiger partial charge < -0.3 is 9.47 Å². The summed E-state index contributed by atoms with van der Waals surface area (Å²) in [5, 5.41) is 10.3. The van der Waals surface area contributed by atoms with Crippen LogP contribution in [0.1, 0.15) is 34.4 Å². The predicted octanol–water partition coefficient (Wildman–Crippen LogP) is 5.03. The van der Waals surface area contributed by atoms with Crippen LogP contribution in [0.5, 0.6) is 11.5 Å². The molecule has 124 valence electrons. The number of nitriles is 1. The first kappa shape index (κ1) is 17.0. The van der Waals surface area contributed by atoms with Gasteiger partial charge in [0.1, 0.15) is 11.1 Å². The van der Waals surface area contributed by atoms with E-state index >= 15 is 0 Å². The molecular formula is C18H17BrN2O2S. The molecule has 0 atom stereocenters. The van der Waals surface area contributed by atoms with Crippen molar-refractivity contribution in [3.8, 4) is 17.6 Å². The van der Waals surface area contributed by atoms with E-state index in [1.165, 1.54) is 16.9 Å². The van der Waals surface area contributed by atoms with Crippen molar-refractivity contribution in [3.63, 3.8) is 0 Å². The Morgan fingerprint density at radius 2 is 2.04 bits per heavy atom. The predicted molar refractivity (Wildman–Crippen MR) is 100 cm³/mol. The lowest BCUT2D eigenvalue weighted by molar-refractivity contribution is 0.354. The summed E-state index contributed by atoms with van der Waals surface area (Å²) >= 11 is 5.10. The summed E-state index contributed by atoms with van der Waals surface area (Å²) in [7, 11) is 3.21. The molecule has 0 amide bonds. The molecule has 0 saturated carbocycles. The average Bonchev–Trinajstić information content (AvgIpc) is 2.96. The van der Waals surface area contributed by atoms with Crippen molar-refractivity contribution in [2.45, 2.75) is 25.7 Å². The third-order valence-electron chi connectivity index (χ3n) is 4.06. The monoisotopic (exact) mass is 404 g/mol. The minimum atomic E-state index is 0.629. The SMILES string of the molecule is COc1cc(Br)cc(C=Nc2sc3c(c2C#N)CCCC3)c1OC. The zero-order valence-corrected chi connectivity index (χ0v) is 16.0. The van der Waals surface area contributed by atoms with Gasteiger partial charge >= 0.3 is 0 Å². The van der Waals surface area contributed by atoms with Gasteiger partial charge in [-0.15, -0.1) is 11.3 Å². The summed E-state index contributed by atoms with van der Waals surface area (Å²) in [6.45, 7) is 0. The van der Waals surface area contributed by atoms with E-state index in [1.807, 2.05) is 12.1 Å². The Morgan fingerprint density at radius 3 is 2.75 bits per heavy atom. The summed E-state index contributed by atoms with van der Waals surface area (Å²) in [4.78, 5) is 5.90. The summed E-state index contributed by atoms with van der Waals surface area (Å²) in [6, 6.07) is 6.10. The second kappa shape index (κ2) is 7.37. The molecular weight excluding hydrogens is 388 g/mol. The lowest BCUT2D eigenvalue weighted by Crippen LogP contribution is -1.99. The fraction of sp³-hybridized carbons (Fsp3) is 0.333. The van der Waals surface area contributed by atoms with Gasteiger partial charge in [0, 0.05) is 21.1 Å². The first-order valence-electron chi connectivity index (χ1n) is 7.68. The Kier molecular flexibility index (Phi) is 5.22. The number of nitrogens with zero attached hydrogens (tertiary/aromatic N) is 2. The summed E-state index contributed by atoms with van der Waals surface area (Å²) in [5.41, 5.74) is 2.73. The Bertz CT molecular complexity index is 837. The Balaban J connectivity index is 2.02. The van der Waals surface area contributed by atoms with Crippen LogP contribution >= 0.6 is 27.3 Å². The molecule has 3 rings (SSSR count). The van der Waals surface area contributed by atoms with E-state index in [1.54, 1.807) is 31.8 Å². The highest BCUT2D eigenvalue weighted by atomic mass is 79.9. The molecule has 1 aliphatic carbocycles. The molecule has 1 aromatic heterocycles. The van der Waals surface area contributed by atoms with Crippen LogP contribution in [-0.2, 0) is 12.8 Å². The van der Waals surface area contributed by atoms with Crippen LogP contribution in [0, 0.1) is 11.3 Å². The number of aliphatic imine (C=N–C) groups is 1. The molecule has 4 nitrogen and oxygen atoms in total. The molecule has 6 heteroatoms. The van der Waals surface area contributed by atoms with Crippen molar-refractivity contribution in [1.29, 1.82) is 5.26 Å². The molecule has 24 heavy (non-hydrogen) atoms. The molecule has 2 aromatic rings. The van der Waals surface area contributed by atoms with Crippen LogP contribution in [0.3, 0.4) is 0 Å². The number of benzene rings is 1. The average molecular weight is 405 g/mol.